The summed E-state index contributed by atoms with van der Waals surface area (Å²) < 4.78 is 0. The van der Waals surface area contributed by atoms with E-state index in [0.29, 0.717) is 6.42 Å². The number of thiol groups is 1. The zero-order valence-electron chi connectivity index (χ0n) is 6.88. The van der Waals surface area contributed by atoms with Crippen LogP contribution in [0.2, 0.25) is 0 Å². The van der Waals surface area contributed by atoms with E-state index in [0.717, 1.165) is 24.4 Å². The Hall–Kier alpha value is -0.460. The highest BCUT2D eigenvalue weighted by Gasteiger charge is 1.98. The predicted octanol–water partition coefficient (Wildman–Crippen LogP) is 1.32. The minimum Gasteiger partial charge on any atom is -0.301 e. The quantitative estimate of drug-likeness (QED) is 0.497. The first-order chi connectivity index (χ1) is 5.20. The van der Waals surface area contributed by atoms with Crippen molar-refractivity contribution in [3.63, 3.8) is 0 Å². The van der Waals surface area contributed by atoms with Gasteiger partial charge in [-0.25, -0.2) is 0 Å². The molecule has 0 aromatic heterocycles. The lowest BCUT2D eigenvalue weighted by Crippen LogP contribution is -2.22. The minimum absolute atomic E-state index is 0.580. The van der Waals surface area contributed by atoms with Gasteiger partial charge in [0.2, 0.25) is 0 Å². The van der Waals surface area contributed by atoms with Crippen molar-refractivity contribution < 1.29 is 0 Å². The first kappa shape index (κ1) is 10.5. The molecule has 0 radical (unpaired) electrons. The van der Waals surface area contributed by atoms with Crippen LogP contribution in [0.25, 0.3) is 0 Å². The summed E-state index contributed by atoms with van der Waals surface area (Å²) in [4.78, 5) is 2.07. The van der Waals surface area contributed by atoms with Crippen LogP contribution in [0.5, 0.6) is 0 Å². The molecule has 0 saturated carbocycles. The fraction of sp³-hybridized carbons (Fsp3) is 0.625. The van der Waals surface area contributed by atoms with Crippen LogP contribution in [-0.4, -0.2) is 30.8 Å². The molecule has 11 heavy (non-hydrogen) atoms. The van der Waals surface area contributed by atoms with Gasteiger partial charge in [-0.05, 0) is 7.05 Å². The molecule has 0 bridgehead atoms. The standard InChI is InChI=1S/C8H14N2S/c1-8(7-11)6-10(2)5-3-4-9/h11H,1,3,5-7H2,2H3. The second-order valence-electron chi connectivity index (χ2n) is 2.55. The summed E-state index contributed by atoms with van der Waals surface area (Å²) in [5.41, 5.74) is 1.09. The zero-order chi connectivity index (χ0) is 8.69. The Bertz CT molecular complexity index is 160. The topological polar surface area (TPSA) is 27.0 Å². The third-order valence-electron chi connectivity index (χ3n) is 1.32. The van der Waals surface area contributed by atoms with E-state index in [1.807, 2.05) is 7.05 Å². The summed E-state index contributed by atoms with van der Waals surface area (Å²) in [6.45, 7) is 5.47. The van der Waals surface area contributed by atoms with Gasteiger partial charge in [0.15, 0.2) is 0 Å². The van der Waals surface area contributed by atoms with Gasteiger partial charge >= 0.3 is 0 Å². The molecular weight excluding hydrogens is 156 g/mol. The number of rotatable bonds is 5. The molecule has 0 aliphatic heterocycles. The van der Waals surface area contributed by atoms with Gasteiger partial charge in [-0.2, -0.15) is 17.9 Å². The molecule has 0 spiro atoms. The molecule has 0 atom stereocenters. The van der Waals surface area contributed by atoms with Gasteiger partial charge in [0.05, 0.1) is 6.07 Å². The second kappa shape index (κ2) is 6.26. The Morgan fingerprint density at radius 2 is 2.36 bits per heavy atom. The Balaban J connectivity index is 3.45. The van der Waals surface area contributed by atoms with E-state index in [9.17, 15) is 0 Å². The number of nitrogens with zero attached hydrogens (tertiary/aromatic N) is 2. The molecule has 0 rings (SSSR count). The summed E-state index contributed by atoms with van der Waals surface area (Å²) in [6.07, 6.45) is 0.580. The molecule has 0 heterocycles. The molecular formula is C8H14N2S. The lowest BCUT2D eigenvalue weighted by atomic mass is 10.3. The third kappa shape index (κ3) is 5.96. The van der Waals surface area contributed by atoms with Gasteiger partial charge in [-0.1, -0.05) is 12.2 Å². The van der Waals surface area contributed by atoms with Crippen molar-refractivity contribution in [1.82, 2.24) is 4.90 Å². The van der Waals surface area contributed by atoms with Gasteiger partial charge in [-0.15, -0.1) is 0 Å². The molecule has 3 heteroatoms. The third-order valence-corrected chi connectivity index (χ3v) is 1.77. The highest BCUT2D eigenvalue weighted by Crippen LogP contribution is 1.96. The van der Waals surface area contributed by atoms with Crippen molar-refractivity contribution in [2.45, 2.75) is 6.42 Å². The molecule has 0 aliphatic carbocycles. The Labute approximate surface area is 73.9 Å². The molecule has 62 valence electrons. The van der Waals surface area contributed by atoms with E-state index in [-0.39, 0.29) is 0 Å². The highest BCUT2D eigenvalue weighted by molar-refractivity contribution is 7.80. The summed E-state index contributed by atoms with van der Waals surface area (Å²) in [5, 5.41) is 8.29. The van der Waals surface area contributed by atoms with Crippen LogP contribution in [0.4, 0.5) is 0 Å². The maximum atomic E-state index is 8.29. The van der Waals surface area contributed by atoms with Gasteiger partial charge in [-0.3, -0.25) is 0 Å². The fourth-order valence-electron chi connectivity index (χ4n) is 0.752. The SMILES string of the molecule is C=C(CS)CN(C)CCC#N. The molecule has 0 amide bonds. The van der Waals surface area contributed by atoms with E-state index < -0.39 is 0 Å². The van der Waals surface area contributed by atoms with Gasteiger partial charge in [0.25, 0.3) is 0 Å². The van der Waals surface area contributed by atoms with Crippen LogP contribution in [0.15, 0.2) is 12.2 Å². The average molecular weight is 170 g/mol. The highest BCUT2D eigenvalue weighted by atomic mass is 32.1. The van der Waals surface area contributed by atoms with Gasteiger partial charge in [0, 0.05) is 25.3 Å². The van der Waals surface area contributed by atoms with Crippen molar-refractivity contribution in [3.8, 4) is 6.07 Å². The number of likely N-dealkylation sites (N-methyl/N-ethyl adjacent to an activating group) is 1. The van der Waals surface area contributed by atoms with E-state index in [1.54, 1.807) is 0 Å². The number of nitriles is 1. The van der Waals surface area contributed by atoms with Crippen molar-refractivity contribution in [2.24, 2.45) is 0 Å². The van der Waals surface area contributed by atoms with Gasteiger partial charge < -0.3 is 4.90 Å². The molecule has 0 aromatic carbocycles. The molecule has 0 fully saturated rings. The maximum Gasteiger partial charge on any atom is 0.0635 e. The lowest BCUT2D eigenvalue weighted by Gasteiger charge is -2.14. The van der Waals surface area contributed by atoms with E-state index in [2.05, 4.69) is 30.2 Å². The largest absolute Gasteiger partial charge is 0.301 e. The van der Waals surface area contributed by atoms with E-state index >= 15 is 0 Å². The van der Waals surface area contributed by atoms with Crippen molar-refractivity contribution >= 4 is 12.6 Å². The summed E-state index contributed by atoms with van der Waals surface area (Å²) in [7, 11) is 1.98. The molecule has 0 saturated heterocycles. The molecule has 2 nitrogen and oxygen atoms in total. The Kier molecular flexibility index (Phi) is 6.00. The van der Waals surface area contributed by atoms with Crippen LogP contribution < -0.4 is 0 Å². The average Bonchev–Trinajstić information content (AvgIpc) is 2.00. The normalized spacial score (nSPS) is 9.64. The van der Waals surface area contributed by atoms with Crippen molar-refractivity contribution in [1.29, 1.82) is 5.26 Å². The summed E-state index contributed by atoms with van der Waals surface area (Å²) >= 11 is 4.09. The van der Waals surface area contributed by atoms with Gasteiger partial charge in [0.1, 0.15) is 0 Å². The molecule has 0 aromatic rings. The van der Waals surface area contributed by atoms with E-state index in [1.165, 1.54) is 0 Å². The van der Waals surface area contributed by atoms with Crippen LogP contribution in [0, 0.1) is 11.3 Å². The molecule has 0 unspecified atom stereocenters. The monoisotopic (exact) mass is 170 g/mol. The zero-order valence-corrected chi connectivity index (χ0v) is 7.77. The van der Waals surface area contributed by atoms with Crippen LogP contribution in [0.3, 0.4) is 0 Å². The number of hydrogen-bond donors (Lipinski definition) is 1. The van der Waals surface area contributed by atoms with Crippen LogP contribution in [0.1, 0.15) is 6.42 Å². The summed E-state index contributed by atoms with van der Waals surface area (Å²) in [5.74, 6) is 0.719. The van der Waals surface area contributed by atoms with Crippen molar-refractivity contribution in [3.05, 3.63) is 12.2 Å². The Morgan fingerprint density at radius 3 is 2.82 bits per heavy atom. The Morgan fingerprint density at radius 1 is 1.73 bits per heavy atom. The number of hydrogen-bond acceptors (Lipinski definition) is 3. The predicted molar refractivity (Wildman–Crippen MR) is 50.7 cm³/mol. The van der Waals surface area contributed by atoms with Crippen LogP contribution in [-0.2, 0) is 0 Å². The lowest BCUT2D eigenvalue weighted by molar-refractivity contribution is 0.372. The minimum atomic E-state index is 0.580. The fourth-order valence-corrected chi connectivity index (χ4v) is 0.852. The molecule has 0 aliphatic rings. The molecule has 0 N–H and O–H groups in total. The first-order valence-electron chi connectivity index (χ1n) is 3.53. The van der Waals surface area contributed by atoms with Crippen LogP contribution >= 0.6 is 12.6 Å². The summed E-state index contributed by atoms with van der Waals surface area (Å²) in [6, 6.07) is 2.10. The maximum absolute atomic E-state index is 8.29. The first-order valence-corrected chi connectivity index (χ1v) is 4.17. The second-order valence-corrected chi connectivity index (χ2v) is 2.87. The smallest absolute Gasteiger partial charge is 0.0635 e. The van der Waals surface area contributed by atoms with E-state index in [4.69, 9.17) is 5.26 Å². The van der Waals surface area contributed by atoms with Crippen molar-refractivity contribution in [2.75, 3.05) is 25.9 Å².